The third kappa shape index (κ3) is 12.7. The second-order valence-corrected chi connectivity index (χ2v) is 24.4. The summed E-state index contributed by atoms with van der Waals surface area (Å²) >= 11 is 0. The molecule has 2 amide bonds. The zero-order chi connectivity index (χ0) is 51.7. The summed E-state index contributed by atoms with van der Waals surface area (Å²) in [7, 11) is -16.9. The molecule has 0 aromatic carbocycles. The first-order chi connectivity index (χ1) is 33.2. The predicted molar refractivity (Wildman–Crippen MR) is 246 cm³/mol. The Morgan fingerprint density at radius 1 is 0.915 bits per heavy atom. The van der Waals surface area contributed by atoms with Crippen LogP contribution >= 0.6 is 23.5 Å². The Kier molecular flexibility index (Phi) is 17.2. The van der Waals surface area contributed by atoms with Gasteiger partial charge in [-0.05, 0) is 98.9 Å². The van der Waals surface area contributed by atoms with Crippen LogP contribution in [0.25, 0.3) is 6.08 Å². The minimum absolute atomic E-state index is 0.0310. The van der Waals surface area contributed by atoms with Gasteiger partial charge in [0.15, 0.2) is 0 Å². The SMILES string of the molecule is C[C@]12CC[C@H](OCC(=O)NCCCCCC(=O)NCC=Cc3cn([C@H]4C[C@H](O)[C@@H](COP(=O)(O)OP(=O)(O)OP(=O)(O)O)O4)c(=O)[nH]c3=O)C[C@H]1CC[C@@H]1[C@@H]2C[C@@H](O)[C@]2(C)[C@@H](C3=CC(=O)OC3)CC[C@]12O. The molecule has 0 radical (unpaired) electrons. The second kappa shape index (κ2) is 21.9. The number of amides is 2. The number of rotatable bonds is 21. The van der Waals surface area contributed by atoms with E-state index in [2.05, 4.69) is 35.7 Å². The van der Waals surface area contributed by atoms with Crippen molar-refractivity contribution in [1.29, 1.82) is 0 Å². The number of fused-ring (bicyclic) bond motifs is 5. The van der Waals surface area contributed by atoms with Crippen LogP contribution in [0.2, 0.25) is 0 Å². The summed E-state index contributed by atoms with van der Waals surface area (Å²) < 4.78 is 64.0. The Hall–Kier alpha value is -3.22. The average molecular weight is 1070 g/mol. The monoisotopic (exact) mass is 1070 g/mol. The quantitative estimate of drug-likeness (QED) is 0.0478. The number of hydrogen-bond donors (Lipinski definition) is 10. The molecule has 5 fully saturated rings. The minimum Gasteiger partial charge on any atom is -0.458 e. The van der Waals surface area contributed by atoms with Crippen LogP contribution in [0.4, 0.5) is 0 Å². The number of cyclic esters (lactones) is 1. The molecule has 10 N–H and O–H groups in total. The Balaban J connectivity index is 0.767. The van der Waals surface area contributed by atoms with Crippen LogP contribution in [0.15, 0.2) is 33.5 Å². The highest BCUT2D eigenvalue weighted by molar-refractivity contribution is 7.66. The summed E-state index contributed by atoms with van der Waals surface area (Å²) in [5.74, 6) is -0.417. The second-order valence-electron chi connectivity index (χ2n) is 20.0. The molecule has 14 atom stereocenters. The van der Waals surface area contributed by atoms with E-state index in [9.17, 15) is 62.8 Å². The molecule has 4 saturated carbocycles. The summed E-state index contributed by atoms with van der Waals surface area (Å²) in [6.45, 7) is 3.95. The number of aromatic amines is 1. The highest BCUT2D eigenvalue weighted by atomic mass is 31.3. The summed E-state index contributed by atoms with van der Waals surface area (Å²) in [6.07, 6.45) is 8.50. The minimum atomic E-state index is -5.78. The molecule has 71 heavy (non-hydrogen) atoms. The number of carbonyl (C=O) groups excluding carboxylic acids is 3. The summed E-state index contributed by atoms with van der Waals surface area (Å²) in [5, 5.41) is 40.3. The van der Waals surface area contributed by atoms with Crippen molar-refractivity contribution in [1.82, 2.24) is 20.2 Å². The average Bonchev–Trinajstić information content (AvgIpc) is 3.95. The summed E-state index contributed by atoms with van der Waals surface area (Å²) in [5.41, 5.74) is -2.75. The maximum Gasteiger partial charge on any atom is 0.490 e. The lowest BCUT2D eigenvalue weighted by atomic mass is 9.42. The van der Waals surface area contributed by atoms with Gasteiger partial charge < -0.3 is 59.7 Å². The molecule has 28 heteroatoms. The highest BCUT2D eigenvalue weighted by Crippen LogP contribution is 2.70. The number of aliphatic hydroxyl groups is 3. The maximum atomic E-state index is 12.7. The van der Waals surface area contributed by atoms with Gasteiger partial charge in [-0.3, -0.25) is 28.5 Å². The number of phosphoric acid groups is 3. The third-order valence-corrected chi connectivity index (χ3v) is 19.7. The Labute approximate surface area is 408 Å². The number of nitrogens with one attached hydrogen (secondary N) is 3. The van der Waals surface area contributed by atoms with Gasteiger partial charge >= 0.3 is 35.1 Å². The number of esters is 1. The van der Waals surface area contributed by atoms with Crippen LogP contribution in [0.1, 0.15) is 109 Å². The highest BCUT2D eigenvalue weighted by Gasteiger charge is 2.71. The van der Waals surface area contributed by atoms with Crippen LogP contribution in [0.3, 0.4) is 0 Å². The fourth-order valence-corrected chi connectivity index (χ4v) is 15.4. The number of carbonyl (C=O) groups is 3. The largest absolute Gasteiger partial charge is 0.490 e. The number of hydrogen-bond acceptors (Lipinski definition) is 17. The van der Waals surface area contributed by atoms with Gasteiger partial charge in [-0.2, -0.15) is 8.62 Å². The molecular weight excluding hydrogens is 1000 g/mol. The first-order valence-corrected chi connectivity index (χ1v) is 28.3. The zero-order valence-electron chi connectivity index (χ0n) is 39.4. The van der Waals surface area contributed by atoms with Crippen LogP contribution in [-0.4, -0.2) is 125 Å². The van der Waals surface area contributed by atoms with Gasteiger partial charge in [0.2, 0.25) is 11.8 Å². The first-order valence-electron chi connectivity index (χ1n) is 23.8. The van der Waals surface area contributed by atoms with Crippen molar-refractivity contribution in [3.63, 3.8) is 0 Å². The van der Waals surface area contributed by atoms with E-state index in [-0.39, 0.29) is 85.2 Å². The molecule has 2 unspecified atom stereocenters. The molecule has 398 valence electrons. The van der Waals surface area contributed by atoms with Gasteiger partial charge in [-0.15, -0.1) is 0 Å². The van der Waals surface area contributed by atoms with E-state index >= 15 is 0 Å². The normalized spacial score (nSPS) is 35.4. The van der Waals surface area contributed by atoms with E-state index in [1.807, 2.05) is 6.92 Å². The van der Waals surface area contributed by atoms with Gasteiger partial charge in [0.05, 0.1) is 36.1 Å². The van der Waals surface area contributed by atoms with Gasteiger partial charge in [0.25, 0.3) is 5.56 Å². The molecule has 0 spiro atoms. The molecule has 0 bridgehead atoms. The number of unbranched alkanes of at least 4 members (excludes halogenated alkanes) is 2. The fourth-order valence-electron chi connectivity index (χ4n) is 12.3. The van der Waals surface area contributed by atoms with Crippen molar-refractivity contribution in [3.05, 3.63) is 50.3 Å². The van der Waals surface area contributed by atoms with Crippen LogP contribution < -0.4 is 21.9 Å². The smallest absolute Gasteiger partial charge is 0.458 e. The van der Waals surface area contributed by atoms with Crippen LogP contribution in [-0.2, 0) is 55.4 Å². The number of aliphatic hydroxyl groups excluding tert-OH is 2. The topological polar surface area (TPSA) is 378 Å². The van der Waals surface area contributed by atoms with Crippen molar-refractivity contribution in [2.75, 3.05) is 32.9 Å². The van der Waals surface area contributed by atoms with Crippen molar-refractivity contribution in [2.45, 2.75) is 134 Å². The molecular formula is C43H65N4O21P3. The van der Waals surface area contributed by atoms with E-state index in [0.29, 0.717) is 51.0 Å². The van der Waals surface area contributed by atoms with E-state index in [4.69, 9.17) is 24.0 Å². The molecule has 2 aliphatic heterocycles. The Bertz CT molecular complexity index is 2500. The predicted octanol–water partition coefficient (Wildman–Crippen LogP) is 1.95. The molecule has 3 heterocycles. The molecule has 1 saturated heterocycles. The standard InChI is InChI=1S/C43H65N4O21P3/c1-41-13-11-28(18-27(41)9-10-30-31(41)19-34(49)42(2)29(12-14-43(30,42)55)26-17-38(52)64-22-26)63-24-36(51)45-15-5-3-4-8-35(50)44-16-6-7-25-21-47(40(54)46-39(25)53)37-20-32(48)33(66-37)23-65-70(59,60)68-71(61,62)67-69(56,57)58/h6-7,17,21,27-34,37,48-49,55H,3-5,8-16,18-20,22-24H2,1-2H3,(H,44,50)(H,45,51)(H,59,60)(H,61,62)(H,46,53,54)(H2,56,57,58)/t27-,28+,29-,30-,31+,32+,33-,34-,37-,41+,42+,43+/m1/s1. The van der Waals surface area contributed by atoms with Gasteiger partial charge in [-0.25, -0.2) is 23.3 Å². The fraction of sp³-hybridized carbons (Fsp3) is 0.744. The van der Waals surface area contributed by atoms with E-state index in [1.165, 1.54) is 12.2 Å². The molecule has 1 aromatic rings. The summed E-state index contributed by atoms with van der Waals surface area (Å²) in [4.78, 5) is 101. The van der Waals surface area contributed by atoms with Gasteiger partial charge in [0.1, 0.15) is 25.5 Å². The lowest BCUT2D eigenvalue weighted by Crippen LogP contribution is -2.67. The lowest BCUT2D eigenvalue weighted by molar-refractivity contribution is -0.245. The number of aromatic nitrogens is 2. The maximum absolute atomic E-state index is 12.7. The molecule has 7 rings (SSSR count). The summed E-state index contributed by atoms with van der Waals surface area (Å²) in [6, 6.07) is 0. The number of nitrogens with zero attached hydrogens (tertiary/aromatic N) is 1. The van der Waals surface area contributed by atoms with E-state index in [0.717, 1.165) is 48.4 Å². The first kappa shape index (κ1) is 55.5. The number of H-pyrrole nitrogens is 1. The Morgan fingerprint density at radius 2 is 1.68 bits per heavy atom. The third-order valence-electron chi connectivity index (χ3n) is 15.9. The van der Waals surface area contributed by atoms with E-state index < -0.39 is 76.9 Å². The van der Waals surface area contributed by atoms with Crippen molar-refractivity contribution in [3.8, 4) is 0 Å². The Morgan fingerprint density at radius 3 is 2.39 bits per heavy atom. The molecule has 6 aliphatic rings. The molecule has 4 aliphatic carbocycles. The zero-order valence-corrected chi connectivity index (χ0v) is 42.1. The van der Waals surface area contributed by atoms with Crippen molar-refractivity contribution < 1.29 is 90.3 Å². The van der Waals surface area contributed by atoms with E-state index in [1.54, 1.807) is 6.08 Å². The number of phosphoric ester groups is 1. The van der Waals surface area contributed by atoms with Crippen molar-refractivity contribution >= 4 is 47.3 Å². The lowest BCUT2D eigenvalue weighted by Gasteiger charge is -2.65. The molecule has 25 nitrogen and oxygen atoms in total. The van der Waals surface area contributed by atoms with Crippen LogP contribution in [0.5, 0.6) is 0 Å². The van der Waals surface area contributed by atoms with Crippen molar-refractivity contribution in [2.24, 2.45) is 34.5 Å². The number of ether oxygens (including phenoxy) is 3. The van der Waals surface area contributed by atoms with Gasteiger partial charge in [0, 0.05) is 43.6 Å². The molecule has 1 aromatic heterocycles. The van der Waals surface area contributed by atoms with Gasteiger partial charge in [-0.1, -0.05) is 32.4 Å². The van der Waals surface area contributed by atoms with Crippen LogP contribution in [0, 0.1) is 34.5 Å².